The molecule has 6 nitrogen and oxygen atoms in total. The molecule has 0 radical (unpaired) electrons. The summed E-state index contributed by atoms with van der Waals surface area (Å²) in [7, 11) is 0. The van der Waals surface area contributed by atoms with E-state index >= 15 is 0 Å². The van der Waals surface area contributed by atoms with E-state index in [9.17, 15) is 19.3 Å². The molecule has 110 valence electrons. The lowest BCUT2D eigenvalue weighted by Crippen LogP contribution is -2.03. The summed E-state index contributed by atoms with van der Waals surface area (Å²) >= 11 is 0. The molecule has 0 saturated carbocycles. The number of nitro benzene ring substituents is 1. The number of ether oxygens (including phenoxy) is 1. The maximum Gasteiger partial charge on any atom is 0.306 e. The smallest absolute Gasteiger partial charge is 0.306 e. The standard InChI is InChI=1S/C14H13FN2O4/c1-2-21-14(18)6-3-10(9-16)7-11-8-12(15)4-5-13(11)17(19)20/h4-5,7-8H,2-3,6H2,1H3/b10-7-. The highest BCUT2D eigenvalue weighted by atomic mass is 19.1. The SMILES string of the molecule is CCOC(=O)CC/C(C#N)=C/c1cc(F)ccc1[N+](=O)[O-]. The first-order chi connectivity index (χ1) is 9.97. The van der Waals surface area contributed by atoms with E-state index in [1.807, 2.05) is 6.07 Å². The molecule has 0 aromatic heterocycles. The van der Waals surface area contributed by atoms with E-state index in [1.54, 1.807) is 6.92 Å². The molecular weight excluding hydrogens is 279 g/mol. The first kappa shape index (κ1) is 16.3. The van der Waals surface area contributed by atoms with Gasteiger partial charge in [-0.2, -0.15) is 5.26 Å². The Hall–Kier alpha value is -2.75. The normalized spacial score (nSPS) is 10.8. The van der Waals surface area contributed by atoms with Crippen LogP contribution in [0, 0.1) is 27.3 Å². The van der Waals surface area contributed by atoms with Gasteiger partial charge in [-0.1, -0.05) is 0 Å². The molecule has 0 aliphatic rings. The summed E-state index contributed by atoms with van der Waals surface area (Å²) in [5.41, 5.74) is -0.183. The van der Waals surface area contributed by atoms with Crippen molar-refractivity contribution in [3.05, 3.63) is 45.3 Å². The lowest BCUT2D eigenvalue weighted by atomic mass is 10.1. The molecule has 0 N–H and O–H groups in total. The van der Waals surface area contributed by atoms with Crippen LogP contribution in [0.2, 0.25) is 0 Å². The van der Waals surface area contributed by atoms with Gasteiger partial charge in [-0.3, -0.25) is 14.9 Å². The molecule has 0 aliphatic carbocycles. The number of carbonyl (C=O) groups excluding carboxylic acids is 1. The van der Waals surface area contributed by atoms with Crippen molar-refractivity contribution >= 4 is 17.7 Å². The van der Waals surface area contributed by atoms with Crippen LogP contribution >= 0.6 is 0 Å². The molecule has 0 saturated heterocycles. The molecule has 0 heterocycles. The summed E-state index contributed by atoms with van der Waals surface area (Å²) in [6, 6.07) is 4.82. The van der Waals surface area contributed by atoms with Crippen molar-refractivity contribution in [3.8, 4) is 6.07 Å². The minimum atomic E-state index is -0.661. The highest BCUT2D eigenvalue weighted by molar-refractivity contribution is 5.71. The predicted octanol–water partition coefficient (Wildman–Crippen LogP) is 2.98. The largest absolute Gasteiger partial charge is 0.466 e. The predicted molar refractivity (Wildman–Crippen MR) is 72.5 cm³/mol. The van der Waals surface area contributed by atoms with E-state index < -0.39 is 16.7 Å². The van der Waals surface area contributed by atoms with Crippen molar-refractivity contribution in [2.24, 2.45) is 0 Å². The number of nitriles is 1. The van der Waals surface area contributed by atoms with E-state index in [0.717, 1.165) is 18.2 Å². The van der Waals surface area contributed by atoms with E-state index in [-0.39, 0.29) is 36.3 Å². The van der Waals surface area contributed by atoms with E-state index in [0.29, 0.717) is 0 Å². The Morgan fingerprint density at radius 1 is 1.52 bits per heavy atom. The summed E-state index contributed by atoms with van der Waals surface area (Å²) in [5.74, 6) is -1.11. The molecule has 0 fully saturated rings. The lowest BCUT2D eigenvalue weighted by molar-refractivity contribution is -0.385. The highest BCUT2D eigenvalue weighted by Crippen LogP contribution is 2.23. The summed E-state index contributed by atoms with van der Waals surface area (Å²) in [6.45, 7) is 1.90. The van der Waals surface area contributed by atoms with E-state index in [4.69, 9.17) is 10.00 Å². The first-order valence-corrected chi connectivity index (χ1v) is 6.18. The number of allylic oxidation sites excluding steroid dienone is 1. The van der Waals surface area contributed by atoms with Gasteiger partial charge < -0.3 is 4.74 Å². The van der Waals surface area contributed by atoms with Crippen LogP contribution in [0.15, 0.2) is 23.8 Å². The molecule has 1 aromatic rings. The minimum absolute atomic E-state index is 0.0135. The molecule has 0 amide bonds. The Kier molecular flexibility index (Phi) is 6.01. The van der Waals surface area contributed by atoms with Gasteiger partial charge in [-0.15, -0.1) is 0 Å². The number of halogens is 1. The van der Waals surface area contributed by atoms with Gasteiger partial charge in [0.15, 0.2) is 0 Å². The molecule has 0 aliphatic heterocycles. The summed E-state index contributed by atoms with van der Waals surface area (Å²) in [4.78, 5) is 21.4. The molecule has 0 unspecified atom stereocenters. The van der Waals surface area contributed by atoms with Crippen LogP contribution in [0.5, 0.6) is 0 Å². The summed E-state index contributed by atoms with van der Waals surface area (Å²) < 4.78 is 17.9. The zero-order valence-electron chi connectivity index (χ0n) is 11.3. The summed E-state index contributed by atoms with van der Waals surface area (Å²) in [5, 5.41) is 19.8. The number of esters is 1. The quantitative estimate of drug-likeness (QED) is 0.348. The lowest BCUT2D eigenvalue weighted by Gasteiger charge is -2.02. The van der Waals surface area contributed by atoms with Crippen molar-refractivity contribution in [1.82, 2.24) is 0 Å². The van der Waals surface area contributed by atoms with E-state index in [2.05, 4.69) is 0 Å². The van der Waals surface area contributed by atoms with Gasteiger partial charge in [-0.05, 0) is 31.6 Å². The topological polar surface area (TPSA) is 93.2 Å². The van der Waals surface area contributed by atoms with Crippen molar-refractivity contribution in [1.29, 1.82) is 5.26 Å². The number of nitrogens with zero attached hydrogens (tertiary/aromatic N) is 2. The Morgan fingerprint density at radius 2 is 2.24 bits per heavy atom. The van der Waals surface area contributed by atoms with Crippen LogP contribution in [-0.2, 0) is 9.53 Å². The molecule has 7 heteroatoms. The Balaban J connectivity index is 2.98. The Labute approximate surface area is 120 Å². The fourth-order valence-corrected chi connectivity index (χ4v) is 1.63. The number of hydrogen-bond acceptors (Lipinski definition) is 5. The van der Waals surface area contributed by atoms with Crippen LogP contribution < -0.4 is 0 Å². The highest BCUT2D eigenvalue weighted by Gasteiger charge is 2.14. The van der Waals surface area contributed by atoms with Crippen LogP contribution in [-0.4, -0.2) is 17.5 Å². The number of carbonyl (C=O) groups is 1. The van der Waals surface area contributed by atoms with Crippen LogP contribution in [0.3, 0.4) is 0 Å². The fourth-order valence-electron chi connectivity index (χ4n) is 1.63. The van der Waals surface area contributed by atoms with Gasteiger partial charge in [-0.25, -0.2) is 4.39 Å². The first-order valence-electron chi connectivity index (χ1n) is 6.18. The third-order valence-corrected chi connectivity index (χ3v) is 2.56. The van der Waals surface area contributed by atoms with Crippen molar-refractivity contribution in [2.75, 3.05) is 6.61 Å². The summed E-state index contributed by atoms with van der Waals surface area (Å²) in [6.07, 6.45) is 1.26. The minimum Gasteiger partial charge on any atom is -0.466 e. The van der Waals surface area contributed by atoms with Gasteiger partial charge in [0.25, 0.3) is 5.69 Å². The maximum absolute atomic E-state index is 13.2. The Morgan fingerprint density at radius 3 is 2.81 bits per heavy atom. The molecule has 21 heavy (non-hydrogen) atoms. The van der Waals surface area contributed by atoms with Crippen molar-refractivity contribution < 1.29 is 18.8 Å². The van der Waals surface area contributed by atoms with Crippen LogP contribution in [0.4, 0.5) is 10.1 Å². The molecule has 1 rings (SSSR count). The van der Waals surface area contributed by atoms with Gasteiger partial charge in [0.1, 0.15) is 5.82 Å². The van der Waals surface area contributed by atoms with Gasteiger partial charge >= 0.3 is 5.97 Å². The third kappa shape index (κ3) is 5.03. The maximum atomic E-state index is 13.2. The second-order valence-corrected chi connectivity index (χ2v) is 4.05. The van der Waals surface area contributed by atoms with Gasteiger partial charge in [0, 0.05) is 11.6 Å². The monoisotopic (exact) mass is 292 g/mol. The van der Waals surface area contributed by atoms with Crippen molar-refractivity contribution in [2.45, 2.75) is 19.8 Å². The van der Waals surface area contributed by atoms with Crippen LogP contribution in [0.25, 0.3) is 6.08 Å². The average molecular weight is 292 g/mol. The van der Waals surface area contributed by atoms with Gasteiger partial charge in [0.05, 0.1) is 29.6 Å². The molecule has 1 aromatic carbocycles. The molecule has 0 bridgehead atoms. The number of benzene rings is 1. The number of rotatable bonds is 6. The zero-order valence-corrected chi connectivity index (χ0v) is 11.3. The number of hydrogen-bond donors (Lipinski definition) is 0. The van der Waals surface area contributed by atoms with Gasteiger partial charge in [0.2, 0.25) is 0 Å². The molecular formula is C14H13FN2O4. The second kappa shape index (κ2) is 7.75. The average Bonchev–Trinajstić information content (AvgIpc) is 2.43. The molecule has 0 atom stereocenters. The zero-order chi connectivity index (χ0) is 15.8. The van der Waals surface area contributed by atoms with Crippen molar-refractivity contribution in [3.63, 3.8) is 0 Å². The van der Waals surface area contributed by atoms with Crippen LogP contribution in [0.1, 0.15) is 25.3 Å². The third-order valence-electron chi connectivity index (χ3n) is 2.56. The Bertz CT molecular complexity index is 620. The van der Waals surface area contributed by atoms with E-state index in [1.165, 1.54) is 6.08 Å². The second-order valence-electron chi connectivity index (χ2n) is 4.05. The number of nitro groups is 1. The molecule has 0 spiro atoms. The fraction of sp³-hybridized carbons (Fsp3) is 0.286.